The third kappa shape index (κ3) is 5.98. The molecule has 1 unspecified atom stereocenters. The maximum atomic E-state index is 5.27. The molecule has 0 radical (unpaired) electrons. The Kier molecular flexibility index (Phi) is 8.44. The van der Waals surface area contributed by atoms with Crippen molar-refractivity contribution in [2.24, 2.45) is 0 Å². The first-order chi connectivity index (χ1) is 10.7. The molecule has 2 rings (SSSR count). The van der Waals surface area contributed by atoms with Gasteiger partial charge < -0.3 is 14.2 Å². The lowest BCUT2D eigenvalue weighted by atomic mass is 9.95. The summed E-state index contributed by atoms with van der Waals surface area (Å²) in [7, 11) is 5.00. The maximum Gasteiger partial charge on any atom is 0.160 e. The highest BCUT2D eigenvalue weighted by Gasteiger charge is 2.21. The van der Waals surface area contributed by atoms with Crippen LogP contribution in [0.1, 0.15) is 12.0 Å². The Morgan fingerprint density at radius 3 is 2.23 bits per heavy atom. The van der Waals surface area contributed by atoms with Gasteiger partial charge in [0, 0.05) is 34.2 Å². The summed E-state index contributed by atoms with van der Waals surface area (Å²) >= 11 is 0. The minimum atomic E-state index is -0.241. The summed E-state index contributed by atoms with van der Waals surface area (Å²) in [5, 5.41) is 0. The molecule has 22 heavy (non-hydrogen) atoms. The van der Waals surface area contributed by atoms with E-state index < -0.39 is 0 Å². The Morgan fingerprint density at radius 2 is 1.82 bits per heavy atom. The monoisotopic (exact) mass is 302 g/mol. The molecule has 0 aromatic heterocycles. The largest absolute Gasteiger partial charge is 0.370 e. The number of benzene rings is 1. The van der Waals surface area contributed by atoms with Crippen LogP contribution in [0.4, 0.5) is 0 Å². The average Bonchev–Trinajstić information content (AvgIpc) is 2.61. The first-order valence-electron chi connectivity index (χ1n) is 7.32. The summed E-state index contributed by atoms with van der Waals surface area (Å²) in [5.41, 5.74) is 0.987. The van der Waals surface area contributed by atoms with E-state index in [1.165, 1.54) is 5.56 Å². The van der Waals surface area contributed by atoms with Crippen LogP contribution in [0.15, 0.2) is 67.3 Å². The molecule has 0 aliphatic heterocycles. The van der Waals surface area contributed by atoms with Crippen molar-refractivity contribution in [1.82, 2.24) is 0 Å². The number of ether oxygens (including phenoxy) is 3. The average molecular weight is 302 g/mol. The van der Waals surface area contributed by atoms with Crippen molar-refractivity contribution in [1.29, 1.82) is 0 Å². The molecule has 3 heteroatoms. The van der Waals surface area contributed by atoms with Gasteiger partial charge in [0.15, 0.2) is 6.29 Å². The van der Waals surface area contributed by atoms with Gasteiger partial charge >= 0.3 is 0 Å². The molecule has 0 fully saturated rings. The van der Waals surface area contributed by atoms with Gasteiger partial charge in [0.05, 0.1) is 0 Å². The molecule has 0 bridgehead atoms. The van der Waals surface area contributed by atoms with Crippen LogP contribution in [-0.4, -0.2) is 33.2 Å². The molecule has 1 aromatic rings. The van der Waals surface area contributed by atoms with Gasteiger partial charge in [0.2, 0.25) is 0 Å². The molecule has 3 nitrogen and oxygen atoms in total. The standard InChI is InChI=1S/C10H14O2.C9H12O/c1-11-10(12-2)8-9-6-4-3-5-7-9;1-3-9(10-2)7-5-4-6-8-9/h3-7,10H,8H2,1-2H3;3-7H,1,8H2,2H3. The Labute approximate surface area is 133 Å². The third-order valence-corrected chi connectivity index (χ3v) is 3.56. The van der Waals surface area contributed by atoms with Crippen molar-refractivity contribution in [2.75, 3.05) is 21.3 Å². The summed E-state index contributed by atoms with van der Waals surface area (Å²) in [6, 6.07) is 10.1. The van der Waals surface area contributed by atoms with Crippen molar-refractivity contribution in [2.45, 2.75) is 24.7 Å². The predicted molar refractivity (Wildman–Crippen MR) is 90.8 cm³/mol. The van der Waals surface area contributed by atoms with Crippen LogP contribution in [-0.2, 0) is 20.6 Å². The molecular weight excluding hydrogens is 276 g/mol. The van der Waals surface area contributed by atoms with Gasteiger partial charge in [-0.15, -0.1) is 0 Å². The molecule has 0 saturated heterocycles. The highest BCUT2D eigenvalue weighted by Crippen LogP contribution is 2.22. The van der Waals surface area contributed by atoms with Gasteiger partial charge in [-0.2, -0.15) is 0 Å². The van der Waals surface area contributed by atoms with Gasteiger partial charge in [0.25, 0.3) is 0 Å². The van der Waals surface area contributed by atoms with Crippen LogP contribution in [0.25, 0.3) is 0 Å². The zero-order valence-corrected chi connectivity index (χ0v) is 13.7. The maximum absolute atomic E-state index is 5.27. The van der Waals surface area contributed by atoms with Crippen molar-refractivity contribution >= 4 is 0 Å². The van der Waals surface area contributed by atoms with Crippen LogP contribution in [0.5, 0.6) is 0 Å². The van der Waals surface area contributed by atoms with E-state index in [1.54, 1.807) is 21.3 Å². The second-order valence-electron chi connectivity index (χ2n) is 4.95. The van der Waals surface area contributed by atoms with Gasteiger partial charge in [-0.3, -0.25) is 0 Å². The zero-order valence-electron chi connectivity index (χ0n) is 13.7. The minimum Gasteiger partial charge on any atom is -0.370 e. The van der Waals surface area contributed by atoms with E-state index in [0.717, 1.165) is 12.8 Å². The number of hydrogen-bond donors (Lipinski definition) is 0. The Morgan fingerprint density at radius 1 is 1.14 bits per heavy atom. The Bertz CT molecular complexity index is 475. The molecule has 1 atom stereocenters. The topological polar surface area (TPSA) is 27.7 Å². The van der Waals surface area contributed by atoms with E-state index in [4.69, 9.17) is 14.2 Å². The minimum absolute atomic E-state index is 0.132. The normalized spacial score (nSPS) is 19.6. The molecule has 0 heterocycles. The number of rotatable bonds is 6. The molecule has 0 spiro atoms. The lowest BCUT2D eigenvalue weighted by Crippen LogP contribution is -2.25. The predicted octanol–water partition coefficient (Wildman–Crippen LogP) is 3.92. The van der Waals surface area contributed by atoms with Crippen LogP contribution in [0, 0.1) is 0 Å². The highest BCUT2D eigenvalue weighted by atomic mass is 16.7. The molecule has 1 aliphatic carbocycles. The fourth-order valence-corrected chi connectivity index (χ4v) is 2.07. The summed E-state index contributed by atoms with van der Waals surface area (Å²) in [6.07, 6.45) is 11.5. The van der Waals surface area contributed by atoms with Crippen molar-refractivity contribution in [3.63, 3.8) is 0 Å². The second-order valence-corrected chi connectivity index (χ2v) is 4.95. The fourth-order valence-electron chi connectivity index (χ4n) is 2.07. The van der Waals surface area contributed by atoms with E-state index in [1.807, 2.05) is 42.5 Å². The van der Waals surface area contributed by atoms with Crippen LogP contribution in [0.3, 0.4) is 0 Å². The lowest BCUT2D eigenvalue weighted by Gasteiger charge is -2.25. The summed E-state index contributed by atoms with van der Waals surface area (Å²) < 4.78 is 15.4. The van der Waals surface area contributed by atoms with Crippen LogP contribution < -0.4 is 0 Å². The summed E-state index contributed by atoms with van der Waals surface area (Å²) in [6.45, 7) is 3.72. The fraction of sp³-hybridized carbons (Fsp3) is 0.368. The van der Waals surface area contributed by atoms with Gasteiger partial charge in [0.1, 0.15) is 5.60 Å². The number of hydrogen-bond acceptors (Lipinski definition) is 3. The van der Waals surface area contributed by atoms with Crippen molar-refractivity contribution in [3.8, 4) is 0 Å². The van der Waals surface area contributed by atoms with Gasteiger partial charge in [-0.25, -0.2) is 0 Å². The molecule has 1 aliphatic rings. The van der Waals surface area contributed by atoms with E-state index in [2.05, 4.69) is 24.8 Å². The quantitative estimate of drug-likeness (QED) is 0.589. The van der Waals surface area contributed by atoms with Gasteiger partial charge in [-0.05, 0) is 11.6 Å². The van der Waals surface area contributed by atoms with Crippen molar-refractivity contribution in [3.05, 3.63) is 72.9 Å². The summed E-state index contributed by atoms with van der Waals surface area (Å²) in [4.78, 5) is 0. The van der Waals surface area contributed by atoms with E-state index >= 15 is 0 Å². The first kappa shape index (κ1) is 18.4. The van der Waals surface area contributed by atoms with E-state index in [9.17, 15) is 0 Å². The SMILES string of the molecule is C=CC1(OC)C=CC=CC1.COC(Cc1ccccc1)OC. The third-order valence-electron chi connectivity index (χ3n) is 3.56. The first-order valence-corrected chi connectivity index (χ1v) is 7.32. The molecular formula is C19H26O3. The lowest BCUT2D eigenvalue weighted by molar-refractivity contribution is -0.100. The molecule has 120 valence electrons. The smallest absolute Gasteiger partial charge is 0.160 e. The van der Waals surface area contributed by atoms with Crippen LogP contribution in [0.2, 0.25) is 0 Å². The Balaban J connectivity index is 0.000000224. The van der Waals surface area contributed by atoms with E-state index in [-0.39, 0.29) is 11.9 Å². The number of allylic oxidation sites excluding steroid dienone is 2. The second kappa shape index (κ2) is 10.1. The number of methoxy groups -OCH3 is 3. The molecule has 1 aromatic carbocycles. The zero-order chi connectivity index (χ0) is 16.3. The summed E-state index contributed by atoms with van der Waals surface area (Å²) in [5.74, 6) is 0. The van der Waals surface area contributed by atoms with Crippen LogP contribution >= 0.6 is 0 Å². The van der Waals surface area contributed by atoms with Gasteiger partial charge in [-0.1, -0.05) is 61.2 Å². The van der Waals surface area contributed by atoms with E-state index in [0.29, 0.717) is 0 Å². The highest BCUT2D eigenvalue weighted by molar-refractivity contribution is 5.23. The molecule has 0 saturated carbocycles. The molecule has 0 N–H and O–H groups in total. The Hall–Kier alpha value is -1.68. The molecule has 0 amide bonds. The van der Waals surface area contributed by atoms with Crippen molar-refractivity contribution < 1.29 is 14.2 Å².